The summed E-state index contributed by atoms with van der Waals surface area (Å²) < 4.78 is 5.69. The number of hydrogen-bond acceptors (Lipinski definition) is 5. The van der Waals surface area contributed by atoms with Gasteiger partial charge in [-0.1, -0.05) is 18.2 Å². The van der Waals surface area contributed by atoms with E-state index >= 15 is 0 Å². The summed E-state index contributed by atoms with van der Waals surface area (Å²) in [5.41, 5.74) is 1.88. The monoisotopic (exact) mass is 299 g/mol. The van der Waals surface area contributed by atoms with Gasteiger partial charge in [0.05, 0.1) is 36.6 Å². The van der Waals surface area contributed by atoms with Crippen LogP contribution in [0.1, 0.15) is 27.7 Å². The Labute approximate surface area is 128 Å². The van der Waals surface area contributed by atoms with Crippen molar-refractivity contribution in [3.8, 4) is 5.75 Å². The second-order valence-corrected chi connectivity index (χ2v) is 5.11. The van der Waals surface area contributed by atoms with Gasteiger partial charge in [-0.2, -0.15) is 10.2 Å². The summed E-state index contributed by atoms with van der Waals surface area (Å²) in [6.07, 6.45) is 1.50. The number of aliphatic hydroxyl groups excluding tert-OH is 1. The molecule has 2 heterocycles. The van der Waals surface area contributed by atoms with Crippen LogP contribution >= 0.6 is 0 Å². The van der Waals surface area contributed by atoms with E-state index in [9.17, 15) is 9.90 Å². The molecule has 22 heavy (non-hydrogen) atoms. The number of aryl methyl sites for hydroxylation is 1. The molecule has 0 saturated heterocycles. The normalized spacial score (nSPS) is 17.4. The highest BCUT2D eigenvalue weighted by Crippen LogP contribution is 2.32. The van der Waals surface area contributed by atoms with Crippen LogP contribution in [0, 0.1) is 6.92 Å². The fourth-order valence-corrected chi connectivity index (χ4v) is 2.69. The average molecular weight is 299 g/mol. The zero-order valence-electron chi connectivity index (χ0n) is 12.3. The lowest BCUT2D eigenvalue weighted by atomic mass is 10.0. The smallest absolute Gasteiger partial charge is 0.256 e. The van der Waals surface area contributed by atoms with E-state index in [1.165, 1.54) is 6.20 Å². The highest BCUT2D eigenvalue weighted by molar-refractivity contribution is 5.95. The van der Waals surface area contributed by atoms with E-state index in [4.69, 9.17) is 4.74 Å². The van der Waals surface area contributed by atoms with E-state index in [1.54, 1.807) is 17.9 Å². The highest BCUT2D eigenvalue weighted by atomic mass is 16.5. The molecule has 1 amide bonds. The molecule has 0 saturated carbocycles. The molecule has 1 aliphatic rings. The predicted molar refractivity (Wildman–Crippen MR) is 79.6 cm³/mol. The van der Waals surface area contributed by atoms with Crippen molar-refractivity contribution < 1.29 is 14.6 Å². The molecule has 3 rings (SSSR count). The Morgan fingerprint density at radius 2 is 2.23 bits per heavy atom. The molecule has 1 aliphatic heterocycles. The third-order valence-electron chi connectivity index (χ3n) is 3.81. The lowest BCUT2D eigenvalue weighted by Crippen LogP contribution is -2.38. The number of rotatable bonds is 2. The molecule has 114 valence electrons. The van der Waals surface area contributed by atoms with Crippen molar-refractivity contribution >= 4 is 5.91 Å². The summed E-state index contributed by atoms with van der Waals surface area (Å²) >= 11 is 0. The van der Waals surface area contributed by atoms with Gasteiger partial charge >= 0.3 is 0 Å². The maximum Gasteiger partial charge on any atom is 0.256 e. The van der Waals surface area contributed by atoms with Gasteiger partial charge in [-0.05, 0) is 19.1 Å². The predicted octanol–water partition coefficient (Wildman–Crippen LogP) is 1.35. The van der Waals surface area contributed by atoms with Crippen molar-refractivity contribution in [2.24, 2.45) is 0 Å². The third-order valence-corrected chi connectivity index (χ3v) is 3.81. The first kappa shape index (κ1) is 14.5. The highest BCUT2D eigenvalue weighted by Gasteiger charge is 2.30. The Kier molecular flexibility index (Phi) is 4.02. The SMILES string of the molecule is Cc1nnccc1C(=O)N1CCOc2ccccc2C1CO. The molecule has 1 aromatic heterocycles. The quantitative estimate of drug-likeness (QED) is 0.906. The van der Waals surface area contributed by atoms with Crippen molar-refractivity contribution in [3.05, 3.63) is 53.3 Å². The summed E-state index contributed by atoms with van der Waals surface area (Å²) in [4.78, 5) is 14.5. The number of amides is 1. The van der Waals surface area contributed by atoms with Crippen molar-refractivity contribution in [1.29, 1.82) is 0 Å². The molecule has 1 unspecified atom stereocenters. The Balaban J connectivity index is 2.00. The maximum absolute atomic E-state index is 12.8. The number of aliphatic hydroxyl groups is 1. The minimum absolute atomic E-state index is 0.163. The van der Waals surface area contributed by atoms with Crippen LogP contribution in [-0.2, 0) is 0 Å². The van der Waals surface area contributed by atoms with Crippen molar-refractivity contribution in [1.82, 2.24) is 15.1 Å². The Morgan fingerprint density at radius 3 is 3.00 bits per heavy atom. The zero-order valence-corrected chi connectivity index (χ0v) is 12.3. The fourth-order valence-electron chi connectivity index (χ4n) is 2.69. The van der Waals surface area contributed by atoms with Gasteiger partial charge in [0.25, 0.3) is 5.91 Å². The molecule has 0 radical (unpaired) electrons. The van der Waals surface area contributed by atoms with Crippen molar-refractivity contribution in [2.45, 2.75) is 13.0 Å². The van der Waals surface area contributed by atoms with Crippen LogP contribution in [0.5, 0.6) is 5.75 Å². The van der Waals surface area contributed by atoms with Crippen molar-refractivity contribution in [3.63, 3.8) is 0 Å². The number of para-hydroxylation sites is 1. The number of ether oxygens (including phenoxy) is 1. The summed E-state index contributed by atoms with van der Waals surface area (Å²) in [5.74, 6) is 0.535. The Bertz CT molecular complexity index is 690. The van der Waals surface area contributed by atoms with Gasteiger partial charge < -0.3 is 14.7 Å². The molecule has 1 aromatic carbocycles. The zero-order chi connectivity index (χ0) is 15.5. The minimum atomic E-state index is -0.432. The van der Waals surface area contributed by atoms with Gasteiger partial charge in [0, 0.05) is 5.56 Å². The number of aromatic nitrogens is 2. The molecule has 1 N–H and O–H groups in total. The van der Waals surface area contributed by atoms with Gasteiger partial charge in [-0.25, -0.2) is 0 Å². The second kappa shape index (κ2) is 6.11. The Morgan fingerprint density at radius 1 is 1.41 bits per heavy atom. The summed E-state index contributed by atoms with van der Waals surface area (Å²) in [6, 6.07) is 8.69. The third kappa shape index (κ3) is 2.53. The topological polar surface area (TPSA) is 75.6 Å². The molecule has 0 spiro atoms. The first-order valence-corrected chi connectivity index (χ1v) is 7.14. The van der Waals surface area contributed by atoms with Crippen LogP contribution in [0.3, 0.4) is 0 Å². The lowest BCUT2D eigenvalue weighted by Gasteiger charge is -2.28. The van der Waals surface area contributed by atoms with E-state index in [2.05, 4.69) is 10.2 Å². The van der Waals surface area contributed by atoms with E-state index in [1.807, 2.05) is 24.3 Å². The molecule has 2 aromatic rings. The molecule has 6 nitrogen and oxygen atoms in total. The number of carbonyl (C=O) groups excluding carboxylic acids is 1. The lowest BCUT2D eigenvalue weighted by molar-refractivity contribution is 0.0583. The van der Waals surface area contributed by atoms with Crippen LogP contribution in [0.4, 0.5) is 0 Å². The van der Waals surface area contributed by atoms with Crippen LogP contribution in [0.25, 0.3) is 0 Å². The first-order chi connectivity index (χ1) is 10.7. The first-order valence-electron chi connectivity index (χ1n) is 7.14. The molecule has 6 heteroatoms. The van der Waals surface area contributed by atoms with E-state index < -0.39 is 6.04 Å². The van der Waals surface area contributed by atoms with E-state index in [0.717, 1.165) is 5.56 Å². The molecule has 1 atom stereocenters. The van der Waals surface area contributed by atoms with Crippen LogP contribution in [0.15, 0.2) is 36.5 Å². The minimum Gasteiger partial charge on any atom is -0.491 e. The Hall–Kier alpha value is -2.47. The van der Waals surface area contributed by atoms with Gasteiger partial charge in [-0.15, -0.1) is 0 Å². The van der Waals surface area contributed by atoms with Crippen molar-refractivity contribution in [2.75, 3.05) is 19.8 Å². The van der Waals surface area contributed by atoms with Crippen LogP contribution in [-0.4, -0.2) is 45.9 Å². The van der Waals surface area contributed by atoms with Gasteiger partial charge in [0.1, 0.15) is 12.4 Å². The van der Waals surface area contributed by atoms with Gasteiger partial charge in [0.15, 0.2) is 0 Å². The van der Waals surface area contributed by atoms with Crippen LogP contribution < -0.4 is 4.74 Å². The summed E-state index contributed by atoms with van der Waals surface area (Å²) in [6.45, 7) is 2.37. The van der Waals surface area contributed by atoms with Gasteiger partial charge in [0.2, 0.25) is 0 Å². The summed E-state index contributed by atoms with van der Waals surface area (Å²) in [5, 5.41) is 17.5. The molecule has 0 bridgehead atoms. The fraction of sp³-hybridized carbons (Fsp3) is 0.312. The second-order valence-electron chi connectivity index (χ2n) is 5.11. The van der Waals surface area contributed by atoms with E-state index in [-0.39, 0.29) is 12.5 Å². The molecule has 0 aliphatic carbocycles. The maximum atomic E-state index is 12.8. The largest absolute Gasteiger partial charge is 0.491 e. The number of nitrogens with zero attached hydrogens (tertiary/aromatic N) is 3. The number of benzene rings is 1. The van der Waals surface area contributed by atoms with Gasteiger partial charge in [-0.3, -0.25) is 4.79 Å². The van der Waals surface area contributed by atoms with E-state index in [0.29, 0.717) is 30.2 Å². The van der Waals surface area contributed by atoms with Crippen LogP contribution in [0.2, 0.25) is 0 Å². The number of hydrogen-bond donors (Lipinski definition) is 1. The number of carbonyl (C=O) groups is 1. The standard InChI is InChI=1S/C16H17N3O3/c1-11-12(6-7-17-18-11)16(21)19-8-9-22-15-5-3-2-4-13(15)14(19)10-20/h2-7,14,20H,8-10H2,1H3. The number of fused-ring (bicyclic) bond motifs is 1. The summed E-state index contributed by atoms with van der Waals surface area (Å²) in [7, 11) is 0. The molecular formula is C16H17N3O3. The molecular weight excluding hydrogens is 282 g/mol. The average Bonchev–Trinajstić information content (AvgIpc) is 2.73. The molecule has 0 fully saturated rings.